The van der Waals surface area contributed by atoms with E-state index in [1.807, 2.05) is 43.6 Å². The number of thioether (sulfide) groups is 1. The zero-order valence-electron chi connectivity index (χ0n) is 20.2. The van der Waals surface area contributed by atoms with Gasteiger partial charge in [0.25, 0.3) is 0 Å². The molecule has 3 aromatic rings. The van der Waals surface area contributed by atoms with Gasteiger partial charge in [0.2, 0.25) is 0 Å². The molecule has 10 nitrogen and oxygen atoms in total. The minimum Gasteiger partial charge on any atom is -0.359 e. The first kappa shape index (κ1) is 23.4. The average Bonchev–Trinajstić information content (AvgIpc) is 2.89. The molecule has 0 spiro atoms. The predicted octanol–water partition coefficient (Wildman–Crippen LogP) is 2.66. The van der Waals surface area contributed by atoms with Gasteiger partial charge in [-0.3, -0.25) is 15.8 Å². The Morgan fingerprint density at radius 1 is 1.14 bits per heavy atom. The minimum absolute atomic E-state index is 0.155. The fraction of sp³-hybridized carbons (Fsp3) is 0.417. The number of hydrogen-bond acceptors (Lipinski definition) is 8. The number of amidine groups is 1. The zero-order valence-corrected chi connectivity index (χ0v) is 21.1. The largest absolute Gasteiger partial charge is 0.359 e. The number of rotatable bonds is 5. The maximum atomic E-state index is 8.97. The third kappa shape index (κ3) is 4.41. The number of guanidine groups is 1. The van der Waals surface area contributed by atoms with Gasteiger partial charge in [-0.15, -0.1) is 0 Å². The fourth-order valence-electron chi connectivity index (χ4n) is 4.84. The summed E-state index contributed by atoms with van der Waals surface area (Å²) >= 11 is 1.51. The normalized spacial score (nSPS) is 16.7. The maximum Gasteiger partial charge on any atom is 0.198 e. The van der Waals surface area contributed by atoms with Crippen LogP contribution < -0.4 is 10.2 Å². The first-order valence-corrected chi connectivity index (χ1v) is 12.9. The second kappa shape index (κ2) is 9.74. The molecular weight excluding hydrogens is 460 g/mol. The van der Waals surface area contributed by atoms with E-state index in [4.69, 9.17) is 15.8 Å². The highest BCUT2D eigenvalue weighted by atomic mass is 32.2. The van der Waals surface area contributed by atoms with Crippen LogP contribution in [0.5, 0.6) is 0 Å². The molecule has 35 heavy (non-hydrogen) atoms. The molecule has 5 rings (SSSR count). The lowest BCUT2D eigenvalue weighted by Gasteiger charge is -2.45. The van der Waals surface area contributed by atoms with Gasteiger partial charge in [-0.05, 0) is 38.3 Å². The summed E-state index contributed by atoms with van der Waals surface area (Å²) < 4.78 is 0. The molecular formula is C24H30N10S. The Labute approximate surface area is 209 Å². The van der Waals surface area contributed by atoms with Gasteiger partial charge in [0.15, 0.2) is 11.1 Å². The molecule has 0 radical (unpaired) electrons. The second-order valence-electron chi connectivity index (χ2n) is 8.90. The van der Waals surface area contributed by atoms with Gasteiger partial charge >= 0.3 is 0 Å². The van der Waals surface area contributed by atoms with Gasteiger partial charge in [0.1, 0.15) is 11.4 Å². The summed E-state index contributed by atoms with van der Waals surface area (Å²) in [5.41, 5.74) is 5.31. The monoisotopic (exact) mass is 490 g/mol. The average molecular weight is 491 g/mol. The van der Waals surface area contributed by atoms with Crippen molar-refractivity contribution in [3.05, 3.63) is 36.3 Å². The Bertz CT molecular complexity index is 1250. The summed E-state index contributed by atoms with van der Waals surface area (Å²) in [6, 6.07) is 4.10. The Morgan fingerprint density at radius 2 is 1.89 bits per heavy atom. The molecule has 11 heteroatoms. The van der Waals surface area contributed by atoms with E-state index in [1.165, 1.54) is 11.8 Å². The molecule has 0 aliphatic carbocycles. The molecule has 2 aliphatic heterocycles. The predicted molar refractivity (Wildman–Crippen MR) is 140 cm³/mol. The Hall–Kier alpha value is -3.31. The number of anilines is 1. The number of hydrogen-bond donors (Lipinski definition) is 3. The number of nitrogens with zero attached hydrogens (tertiary/aromatic N) is 7. The third-order valence-electron chi connectivity index (χ3n) is 6.66. The lowest BCUT2D eigenvalue weighted by atomic mass is 9.99. The quantitative estimate of drug-likeness (QED) is 0.214. The first-order chi connectivity index (χ1) is 17.0. The van der Waals surface area contributed by atoms with Crippen molar-refractivity contribution in [2.24, 2.45) is 0 Å². The van der Waals surface area contributed by atoms with Crippen LogP contribution in [0.25, 0.3) is 22.3 Å². The van der Waals surface area contributed by atoms with Crippen molar-refractivity contribution >= 4 is 40.3 Å². The van der Waals surface area contributed by atoms with Crippen molar-refractivity contribution < 1.29 is 0 Å². The smallest absolute Gasteiger partial charge is 0.198 e. The number of fused-ring (bicyclic) bond motifs is 3. The molecule has 5 heterocycles. The standard InChI is InChI=1S/C24H30N10S/c1-27-13-20(25)33-8-6-17(7-9-33)34-22-16(14-32(2)23(34)26)12-28-19-5-4-18(31-21(19)22)15-10-29-24(35-3)30-11-15/h4-5,10-12,17,25-27H,6-9,13-14H2,1-3H3. The van der Waals surface area contributed by atoms with Gasteiger partial charge < -0.3 is 20.0 Å². The number of pyridine rings is 2. The SMILES string of the molecule is CNCC(=N)N1CCC(N2C(=N)N(C)Cc3cnc4ccc(-c5cnc(SC)nc5)nc4c32)CC1. The lowest BCUT2D eigenvalue weighted by molar-refractivity contribution is 0.302. The van der Waals surface area contributed by atoms with E-state index < -0.39 is 0 Å². The van der Waals surface area contributed by atoms with Crippen molar-refractivity contribution in [2.75, 3.05) is 44.9 Å². The third-order valence-corrected chi connectivity index (χ3v) is 7.24. The summed E-state index contributed by atoms with van der Waals surface area (Å²) in [5.74, 6) is 1.10. The van der Waals surface area contributed by atoms with Crippen molar-refractivity contribution in [1.82, 2.24) is 35.1 Å². The Kier molecular flexibility index (Phi) is 6.52. The molecule has 3 aromatic heterocycles. The van der Waals surface area contributed by atoms with Crippen LogP contribution in [0, 0.1) is 10.8 Å². The van der Waals surface area contributed by atoms with Gasteiger partial charge in [0.05, 0.1) is 23.4 Å². The second-order valence-corrected chi connectivity index (χ2v) is 9.67. The molecule has 3 N–H and O–H groups in total. The molecule has 1 fully saturated rings. The highest BCUT2D eigenvalue weighted by Crippen LogP contribution is 2.37. The van der Waals surface area contributed by atoms with Gasteiger partial charge in [-0.1, -0.05) is 11.8 Å². The van der Waals surface area contributed by atoms with Crippen LogP contribution in [-0.2, 0) is 6.54 Å². The van der Waals surface area contributed by atoms with Crippen molar-refractivity contribution in [3.8, 4) is 11.3 Å². The van der Waals surface area contributed by atoms with Crippen LogP contribution in [0.2, 0.25) is 0 Å². The number of likely N-dealkylation sites (tertiary alicyclic amines) is 1. The van der Waals surface area contributed by atoms with Gasteiger partial charge in [-0.2, -0.15) is 0 Å². The van der Waals surface area contributed by atoms with Crippen LogP contribution in [0.1, 0.15) is 18.4 Å². The Balaban J connectivity index is 1.53. The lowest BCUT2D eigenvalue weighted by Crippen LogP contribution is -2.55. The minimum atomic E-state index is 0.155. The zero-order chi connectivity index (χ0) is 24.5. The summed E-state index contributed by atoms with van der Waals surface area (Å²) in [4.78, 5) is 24.8. The summed E-state index contributed by atoms with van der Waals surface area (Å²) in [5, 5.41) is 21.1. The van der Waals surface area contributed by atoms with Crippen LogP contribution in [0.15, 0.2) is 35.9 Å². The number of nitrogens with one attached hydrogen (secondary N) is 3. The molecule has 182 valence electrons. The molecule has 0 bridgehead atoms. The fourth-order valence-corrected chi connectivity index (χ4v) is 5.16. The molecule has 0 atom stereocenters. The van der Waals surface area contributed by atoms with Gasteiger partial charge in [-0.25, -0.2) is 15.0 Å². The van der Waals surface area contributed by atoms with E-state index in [0.29, 0.717) is 24.9 Å². The summed E-state index contributed by atoms with van der Waals surface area (Å²) in [7, 11) is 3.82. The number of piperidine rings is 1. The van der Waals surface area contributed by atoms with E-state index >= 15 is 0 Å². The molecule has 0 unspecified atom stereocenters. The van der Waals surface area contributed by atoms with E-state index in [0.717, 1.165) is 64.6 Å². The maximum absolute atomic E-state index is 8.97. The Morgan fingerprint density at radius 3 is 2.57 bits per heavy atom. The van der Waals surface area contributed by atoms with E-state index in [1.54, 1.807) is 12.4 Å². The molecule has 0 saturated carbocycles. The molecule has 1 saturated heterocycles. The topological polar surface area (TPSA) is 121 Å². The van der Waals surface area contributed by atoms with Crippen LogP contribution in [0.4, 0.5) is 5.69 Å². The highest BCUT2D eigenvalue weighted by Gasteiger charge is 2.35. The summed E-state index contributed by atoms with van der Waals surface area (Å²) in [6.07, 6.45) is 9.22. The van der Waals surface area contributed by atoms with Crippen LogP contribution in [0.3, 0.4) is 0 Å². The van der Waals surface area contributed by atoms with E-state index in [9.17, 15) is 0 Å². The highest BCUT2D eigenvalue weighted by molar-refractivity contribution is 7.98. The summed E-state index contributed by atoms with van der Waals surface area (Å²) in [6.45, 7) is 2.79. The van der Waals surface area contributed by atoms with Crippen molar-refractivity contribution in [3.63, 3.8) is 0 Å². The van der Waals surface area contributed by atoms with Crippen molar-refractivity contribution in [2.45, 2.75) is 30.6 Å². The number of aromatic nitrogens is 4. The van der Waals surface area contributed by atoms with Crippen LogP contribution in [-0.4, -0.2) is 87.6 Å². The molecule has 2 aliphatic rings. The van der Waals surface area contributed by atoms with E-state index in [2.05, 4.69) is 30.1 Å². The molecule has 0 amide bonds. The van der Waals surface area contributed by atoms with Crippen LogP contribution >= 0.6 is 11.8 Å². The van der Waals surface area contributed by atoms with Gasteiger partial charge in [0, 0.05) is 62.4 Å². The van der Waals surface area contributed by atoms with Crippen molar-refractivity contribution in [1.29, 1.82) is 10.8 Å². The van der Waals surface area contributed by atoms with E-state index in [-0.39, 0.29) is 6.04 Å². The molecule has 0 aromatic carbocycles. The number of likely N-dealkylation sites (N-methyl/N-ethyl adjacent to an activating group) is 1. The first-order valence-electron chi connectivity index (χ1n) is 11.7.